The van der Waals surface area contributed by atoms with Gasteiger partial charge in [0.15, 0.2) is 0 Å². The molecule has 6 heteroatoms. The van der Waals surface area contributed by atoms with Crippen LogP contribution in [0.25, 0.3) is 10.9 Å². The Labute approximate surface area is 179 Å². The Morgan fingerprint density at radius 1 is 0.966 bits per heavy atom. The summed E-state index contributed by atoms with van der Waals surface area (Å²) in [6.45, 7) is 3.88. The molecule has 0 aliphatic heterocycles. The lowest BCUT2D eigenvalue weighted by atomic mass is 9.96. The molecule has 29 heavy (non-hydrogen) atoms. The number of phenolic OH excluding ortho intramolecular Hbond substituents is 1. The monoisotopic (exact) mass is 423 g/mol. The van der Waals surface area contributed by atoms with E-state index in [2.05, 4.69) is 15.3 Å². The van der Waals surface area contributed by atoms with Crippen LogP contribution in [0.15, 0.2) is 60.8 Å². The van der Waals surface area contributed by atoms with Crippen LogP contribution >= 0.6 is 23.2 Å². The van der Waals surface area contributed by atoms with Crippen LogP contribution in [0.2, 0.25) is 10.0 Å². The summed E-state index contributed by atoms with van der Waals surface area (Å²) >= 11 is 13.1. The van der Waals surface area contributed by atoms with Crippen LogP contribution in [0.4, 0.5) is 5.82 Å². The first-order chi connectivity index (χ1) is 13.9. The number of nitrogens with one attached hydrogen (secondary N) is 1. The number of hydrogen-bond donors (Lipinski definition) is 2. The van der Waals surface area contributed by atoms with Gasteiger partial charge in [-0.2, -0.15) is 0 Å². The largest absolute Gasteiger partial charge is 0.505 e. The normalized spacial score (nSPS) is 12.1. The molecule has 2 aromatic carbocycles. The molecule has 2 aromatic heterocycles. The van der Waals surface area contributed by atoms with Gasteiger partial charge < -0.3 is 10.4 Å². The Hall–Kier alpha value is -2.82. The molecule has 0 aliphatic rings. The molecule has 1 atom stereocenters. The first-order valence-corrected chi connectivity index (χ1v) is 9.92. The topological polar surface area (TPSA) is 58.0 Å². The Morgan fingerprint density at radius 3 is 2.41 bits per heavy atom. The zero-order valence-corrected chi connectivity index (χ0v) is 17.5. The van der Waals surface area contributed by atoms with Gasteiger partial charge in [0.25, 0.3) is 0 Å². The van der Waals surface area contributed by atoms with E-state index in [1.165, 1.54) is 0 Å². The number of halogens is 2. The van der Waals surface area contributed by atoms with Crippen molar-refractivity contribution in [1.29, 1.82) is 0 Å². The molecule has 4 rings (SSSR count). The van der Waals surface area contributed by atoms with E-state index in [-0.39, 0.29) is 5.75 Å². The zero-order valence-electron chi connectivity index (χ0n) is 15.9. The number of aromatic nitrogens is 2. The maximum Gasteiger partial charge on any atom is 0.147 e. The lowest BCUT2D eigenvalue weighted by molar-refractivity contribution is 0.471. The number of fused-ring (bicyclic) bond motifs is 1. The smallest absolute Gasteiger partial charge is 0.147 e. The van der Waals surface area contributed by atoms with Gasteiger partial charge in [0.05, 0.1) is 6.04 Å². The van der Waals surface area contributed by atoms with Crippen molar-refractivity contribution in [2.24, 2.45) is 0 Å². The van der Waals surface area contributed by atoms with E-state index < -0.39 is 6.04 Å². The molecule has 0 saturated heterocycles. The minimum atomic E-state index is -0.516. The quantitative estimate of drug-likeness (QED) is 0.395. The number of anilines is 1. The predicted molar refractivity (Wildman–Crippen MR) is 119 cm³/mol. The maximum atomic E-state index is 11.1. The molecule has 0 aliphatic carbocycles. The molecule has 0 radical (unpaired) electrons. The fourth-order valence-electron chi connectivity index (χ4n) is 3.37. The van der Waals surface area contributed by atoms with Crippen LogP contribution in [0.3, 0.4) is 0 Å². The molecule has 4 nitrogen and oxygen atoms in total. The molecular formula is C23H19Cl2N3O. The number of nitrogens with zero attached hydrogens (tertiary/aromatic N) is 2. The highest BCUT2D eigenvalue weighted by atomic mass is 35.5. The van der Waals surface area contributed by atoms with Crippen molar-refractivity contribution in [3.8, 4) is 5.75 Å². The molecule has 0 unspecified atom stereocenters. The first kappa shape index (κ1) is 19.5. The molecule has 2 N–H and O–H groups in total. The van der Waals surface area contributed by atoms with Gasteiger partial charge in [0.1, 0.15) is 17.1 Å². The van der Waals surface area contributed by atoms with E-state index in [4.69, 9.17) is 23.2 Å². The molecule has 0 saturated carbocycles. The number of hydrogen-bond acceptors (Lipinski definition) is 4. The Morgan fingerprint density at radius 2 is 1.69 bits per heavy atom. The fourth-order valence-corrected chi connectivity index (χ4v) is 3.99. The summed E-state index contributed by atoms with van der Waals surface area (Å²) in [7, 11) is 0. The molecule has 0 bridgehead atoms. The number of pyridine rings is 2. The van der Waals surface area contributed by atoms with E-state index in [9.17, 15) is 5.11 Å². The fraction of sp³-hybridized carbons (Fsp3) is 0.130. The summed E-state index contributed by atoms with van der Waals surface area (Å²) in [6.07, 6.45) is 1.73. The third kappa shape index (κ3) is 3.86. The number of phenols is 1. The van der Waals surface area contributed by atoms with Crippen LogP contribution in [-0.2, 0) is 0 Å². The van der Waals surface area contributed by atoms with Crippen LogP contribution in [0.5, 0.6) is 5.75 Å². The van der Waals surface area contributed by atoms with Crippen LogP contribution in [0, 0.1) is 13.8 Å². The summed E-state index contributed by atoms with van der Waals surface area (Å²) in [6, 6.07) is 16.3. The zero-order chi connectivity index (χ0) is 20.5. The summed E-state index contributed by atoms with van der Waals surface area (Å²) in [4.78, 5) is 8.92. The van der Waals surface area contributed by atoms with Crippen molar-refractivity contribution in [3.63, 3.8) is 0 Å². The minimum absolute atomic E-state index is 0.0901. The Kier molecular flexibility index (Phi) is 5.31. The van der Waals surface area contributed by atoms with Crippen molar-refractivity contribution < 1.29 is 5.11 Å². The average molecular weight is 424 g/mol. The lowest BCUT2D eigenvalue weighted by Gasteiger charge is -2.24. The number of aromatic hydroxyl groups is 1. The summed E-state index contributed by atoms with van der Waals surface area (Å²) < 4.78 is 0. The third-order valence-corrected chi connectivity index (χ3v) is 5.47. The molecule has 2 heterocycles. The highest BCUT2D eigenvalue weighted by Crippen LogP contribution is 2.41. The molecule has 0 fully saturated rings. The van der Waals surface area contributed by atoms with Gasteiger partial charge in [-0.05, 0) is 49.7 Å². The van der Waals surface area contributed by atoms with Crippen LogP contribution in [-0.4, -0.2) is 15.1 Å². The second kappa shape index (κ2) is 7.90. The number of benzene rings is 2. The van der Waals surface area contributed by atoms with Gasteiger partial charge in [-0.1, -0.05) is 47.5 Å². The standard InChI is InChI=1S/C23H19Cl2N3O/c1-13-10-11-26-19(12-13)28-22(20-17(24)4-3-5-18(20)25)16-9-8-15-7-6-14(2)27-21(15)23(16)29/h3-12,22,29H,1-2H3,(H,26,28)/t22-/m1/s1. The third-order valence-electron chi connectivity index (χ3n) is 4.81. The van der Waals surface area contributed by atoms with E-state index >= 15 is 0 Å². The molecule has 0 spiro atoms. The lowest BCUT2D eigenvalue weighted by Crippen LogP contribution is -2.15. The first-order valence-electron chi connectivity index (χ1n) is 9.16. The van der Waals surface area contributed by atoms with Gasteiger partial charge in [0, 0.05) is 38.4 Å². The molecule has 146 valence electrons. The SMILES string of the molecule is Cc1ccnc(N[C@H](c2ccc3ccc(C)nc3c2O)c2c(Cl)cccc2Cl)c1. The van der Waals surface area contributed by atoms with Gasteiger partial charge in [-0.3, -0.25) is 0 Å². The average Bonchev–Trinajstić information content (AvgIpc) is 2.68. The van der Waals surface area contributed by atoms with Crippen molar-refractivity contribution in [2.75, 3.05) is 5.32 Å². The second-order valence-electron chi connectivity index (χ2n) is 6.96. The van der Waals surface area contributed by atoms with E-state index in [0.29, 0.717) is 32.5 Å². The van der Waals surface area contributed by atoms with Gasteiger partial charge in [0.2, 0.25) is 0 Å². The highest BCUT2D eigenvalue weighted by Gasteiger charge is 2.24. The van der Waals surface area contributed by atoms with Gasteiger partial charge in [-0.15, -0.1) is 0 Å². The number of rotatable bonds is 4. The molecular weight excluding hydrogens is 405 g/mol. The van der Waals surface area contributed by atoms with Crippen LogP contribution in [0.1, 0.15) is 28.4 Å². The minimum Gasteiger partial charge on any atom is -0.505 e. The molecule has 0 amide bonds. The highest BCUT2D eigenvalue weighted by molar-refractivity contribution is 6.36. The second-order valence-corrected chi connectivity index (χ2v) is 7.77. The molecule has 4 aromatic rings. The summed E-state index contributed by atoms with van der Waals surface area (Å²) in [5.41, 5.74) is 3.71. The van der Waals surface area contributed by atoms with Gasteiger partial charge >= 0.3 is 0 Å². The van der Waals surface area contributed by atoms with E-state index in [1.54, 1.807) is 24.4 Å². The van der Waals surface area contributed by atoms with Gasteiger partial charge in [-0.25, -0.2) is 9.97 Å². The van der Waals surface area contributed by atoms with Crippen molar-refractivity contribution in [1.82, 2.24) is 9.97 Å². The Balaban J connectivity index is 1.93. The van der Waals surface area contributed by atoms with Crippen LogP contribution < -0.4 is 5.32 Å². The van der Waals surface area contributed by atoms with Crippen molar-refractivity contribution in [3.05, 3.63) is 93.2 Å². The predicted octanol–water partition coefficient (Wildman–Crippen LogP) is 6.46. The van der Waals surface area contributed by atoms with Crippen molar-refractivity contribution >= 4 is 39.9 Å². The number of aryl methyl sites for hydroxylation is 2. The summed E-state index contributed by atoms with van der Waals surface area (Å²) in [5, 5.41) is 16.4. The maximum absolute atomic E-state index is 11.1. The van der Waals surface area contributed by atoms with Crippen molar-refractivity contribution in [2.45, 2.75) is 19.9 Å². The van der Waals surface area contributed by atoms with E-state index in [0.717, 1.165) is 16.6 Å². The summed E-state index contributed by atoms with van der Waals surface area (Å²) in [5.74, 6) is 0.745. The van der Waals surface area contributed by atoms with E-state index in [1.807, 2.05) is 50.2 Å². The Bertz CT molecular complexity index is 1190.